The summed E-state index contributed by atoms with van der Waals surface area (Å²) in [5.41, 5.74) is 8.04. The van der Waals surface area contributed by atoms with Crippen molar-refractivity contribution in [2.24, 2.45) is 11.7 Å². The van der Waals surface area contributed by atoms with E-state index in [0.29, 0.717) is 11.1 Å². The van der Waals surface area contributed by atoms with E-state index in [9.17, 15) is 9.18 Å². The molecule has 0 bridgehead atoms. The van der Waals surface area contributed by atoms with Crippen molar-refractivity contribution in [2.75, 3.05) is 0 Å². The molecule has 2 aromatic carbocycles. The molecule has 20 heavy (non-hydrogen) atoms. The van der Waals surface area contributed by atoms with Crippen LogP contribution in [0, 0.1) is 18.7 Å². The molecule has 2 rings (SSSR count). The lowest BCUT2D eigenvalue weighted by Gasteiger charge is -2.19. The fourth-order valence-corrected chi connectivity index (χ4v) is 2.19. The largest absolute Gasteiger partial charge is 0.323 e. The van der Waals surface area contributed by atoms with Gasteiger partial charge < -0.3 is 5.73 Å². The van der Waals surface area contributed by atoms with Gasteiger partial charge in [0.2, 0.25) is 0 Å². The summed E-state index contributed by atoms with van der Waals surface area (Å²) < 4.78 is 13.3. The number of hydrogen-bond donors (Lipinski definition) is 1. The number of carbonyl (C=O) groups is 1. The molecule has 0 amide bonds. The van der Waals surface area contributed by atoms with Crippen molar-refractivity contribution in [3.05, 3.63) is 71.0 Å². The minimum absolute atomic E-state index is 0.0653. The lowest BCUT2D eigenvalue weighted by atomic mass is 9.88. The van der Waals surface area contributed by atoms with Gasteiger partial charge in [-0.1, -0.05) is 37.3 Å². The molecule has 2 nitrogen and oxygen atoms in total. The van der Waals surface area contributed by atoms with Crippen LogP contribution in [0.25, 0.3) is 0 Å². The molecule has 0 heterocycles. The zero-order chi connectivity index (χ0) is 14.7. The van der Waals surface area contributed by atoms with E-state index < -0.39 is 0 Å². The average Bonchev–Trinajstić information content (AvgIpc) is 2.48. The van der Waals surface area contributed by atoms with Gasteiger partial charge in [-0.15, -0.1) is 0 Å². The first-order valence-electron chi connectivity index (χ1n) is 6.61. The first kappa shape index (κ1) is 14.4. The minimum Gasteiger partial charge on any atom is -0.323 e. The Kier molecular flexibility index (Phi) is 4.30. The van der Waals surface area contributed by atoms with E-state index in [2.05, 4.69) is 0 Å². The van der Waals surface area contributed by atoms with E-state index >= 15 is 0 Å². The van der Waals surface area contributed by atoms with E-state index in [1.54, 1.807) is 19.9 Å². The smallest absolute Gasteiger partial charge is 0.167 e. The van der Waals surface area contributed by atoms with Gasteiger partial charge in [-0.05, 0) is 36.2 Å². The molecule has 2 N–H and O–H groups in total. The van der Waals surface area contributed by atoms with Crippen LogP contribution in [-0.2, 0) is 0 Å². The predicted octanol–water partition coefficient (Wildman–Crippen LogP) is 3.65. The van der Waals surface area contributed by atoms with Crippen LogP contribution < -0.4 is 5.73 Å². The second-order valence-electron chi connectivity index (χ2n) is 5.05. The molecule has 104 valence electrons. The van der Waals surface area contributed by atoms with E-state index in [1.807, 2.05) is 30.3 Å². The predicted molar refractivity (Wildman–Crippen MR) is 78.0 cm³/mol. The maximum absolute atomic E-state index is 13.3. The molecule has 0 spiro atoms. The Hall–Kier alpha value is -2.00. The van der Waals surface area contributed by atoms with Crippen LogP contribution >= 0.6 is 0 Å². The molecule has 0 radical (unpaired) electrons. The van der Waals surface area contributed by atoms with Crippen LogP contribution in [0.4, 0.5) is 4.39 Å². The molecular weight excluding hydrogens is 253 g/mol. The average molecular weight is 271 g/mol. The Balaban J connectivity index is 2.22. The zero-order valence-corrected chi connectivity index (χ0v) is 11.6. The van der Waals surface area contributed by atoms with Crippen molar-refractivity contribution in [1.82, 2.24) is 0 Å². The van der Waals surface area contributed by atoms with Gasteiger partial charge in [0.25, 0.3) is 0 Å². The van der Waals surface area contributed by atoms with Crippen LogP contribution in [-0.4, -0.2) is 5.78 Å². The van der Waals surface area contributed by atoms with Crippen LogP contribution in [0.15, 0.2) is 48.5 Å². The Morgan fingerprint density at radius 2 is 1.80 bits per heavy atom. The molecule has 0 aliphatic heterocycles. The number of halogens is 1. The third-order valence-electron chi connectivity index (χ3n) is 3.58. The molecule has 0 aliphatic rings. The number of ketones is 1. The van der Waals surface area contributed by atoms with Crippen molar-refractivity contribution < 1.29 is 9.18 Å². The van der Waals surface area contributed by atoms with Crippen LogP contribution in [0.3, 0.4) is 0 Å². The Morgan fingerprint density at radius 1 is 1.15 bits per heavy atom. The standard InChI is InChI=1S/C17H18FNO/c1-11-10-14(8-9-15(11)18)17(20)12(2)16(19)13-6-4-3-5-7-13/h3-10,12,16H,19H2,1-2H3. The fraction of sp³-hybridized carbons (Fsp3) is 0.235. The van der Waals surface area contributed by atoms with Gasteiger partial charge in [0.15, 0.2) is 5.78 Å². The normalized spacial score (nSPS) is 13.8. The Bertz CT molecular complexity index is 610. The van der Waals surface area contributed by atoms with E-state index in [-0.39, 0.29) is 23.6 Å². The summed E-state index contributed by atoms with van der Waals surface area (Å²) in [4.78, 5) is 12.4. The van der Waals surface area contributed by atoms with Crippen molar-refractivity contribution in [2.45, 2.75) is 19.9 Å². The number of rotatable bonds is 4. The van der Waals surface area contributed by atoms with Crippen LogP contribution in [0.1, 0.15) is 34.5 Å². The molecule has 0 saturated carbocycles. The van der Waals surface area contributed by atoms with Crippen LogP contribution in [0.5, 0.6) is 0 Å². The third kappa shape index (κ3) is 2.94. The molecule has 0 aromatic heterocycles. The number of hydrogen-bond acceptors (Lipinski definition) is 2. The zero-order valence-electron chi connectivity index (χ0n) is 11.6. The van der Waals surface area contributed by atoms with Crippen molar-refractivity contribution in [3.63, 3.8) is 0 Å². The van der Waals surface area contributed by atoms with Crippen molar-refractivity contribution in [3.8, 4) is 0 Å². The maximum Gasteiger partial charge on any atom is 0.167 e. The summed E-state index contributed by atoms with van der Waals surface area (Å²) in [5, 5.41) is 0. The van der Waals surface area contributed by atoms with Gasteiger partial charge in [0, 0.05) is 17.5 Å². The highest BCUT2D eigenvalue weighted by Gasteiger charge is 2.23. The van der Waals surface area contributed by atoms with E-state index in [4.69, 9.17) is 5.73 Å². The molecule has 2 unspecified atom stereocenters. The third-order valence-corrected chi connectivity index (χ3v) is 3.58. The molecule has 3 heteroatoms. The number of nitrogens with two attached hydrogens (primary N) is 1. The van der Waals surface area contributed by atoms with Crippen molar-refractivity contribution in [1.29, 1.82) is 0 Å². The summed E-state index contributed by atoms with van der Waals surface area (Å²) in [7, 11) is 0. The second kappa shape index (κ2) is 5.97. The lowest BCUT2D eigenvalue weighted by molar-refractivity contribution is 0.0912. The molecule has 0 saturated heterocycles. The number of Topliss-reactive ketones (excluding diaryl/α,β-unsaturated/α-hetero) is 1. The van der Waals surface area contributed by atoms with E-state index in [1.165, 1.54) is 12.1 Å². The summed E-state index contributed by atoms with van der Waals surface area (Å²) in [5.74, 6) is -0.728. The topological polar surface area (TPSA) is 43.1 Å². The fourth-order valence-electron chi connectivity index (χ4n) is 2.19. The Labute approximate surface area is 118 Å². The maximum atomic E-state index is 13.3. The van der Waals surface area contributed by atoms with E-state index in [0.717, 1.165) is 5.56 Å². The van der Waals surface area contributed by atoms with Gasteiger partial charge in [-0.2, -0.15) is 0 Å². The van der Waals surface area contributed by atoms with Crippen molar-refractivity contribution >= 4 is 5.78 Å². The first-order valence-corrected chi connectivity index (χ1v) is 6.61. The minimum atomic E-state index is -0.367. The highest BCUT2D eigenvalue weighted by Crippen LogP contribution is 2.23. The monoisotopic (exact) mass is 271 g/mol. The van der Waals surface area contributed by atoms with Gasteiger partial charge in [-0.3, -0.25) is 4.79 Å². The summed E-state index contributed by atoms with van der Waals surface area (Å²) in [6.45, 7) is 3.45. The molecule has 0 fully saturated rings. The molecule has 2 aromatic rings. The summed E-state index contributed by atoms with van der Waals surface area (Å²) >= 11 is 0. The molecular formula is C17H18FNO. The second-order valence-corrected chi connectivity index (χ2v) is 5.05. The van der Waals surface area contributed by atoms with Gasteiger partial charge in [0.05, 0.1) is 0 Å². The summed E-state index contributed by atoms with van der Waals surface area (Å²) in [6, 6.07) is 13.6. The van der Waals surface area contributed by atoms with Crippen LogP contribution in [0.2, 0.25) is 0 Å². The van der Waals surface area contributed by atoms with Gasteiger partial charge in [-0.25, -0.2) is 4.39 Å². The highest BCUT2D eigenvalue weighted by molar-refractivity contribution is 5.98. The Morgan fingerprint density at radius 3 is 2.40 bits per heavy atom. The highest BCUT2D eigenvalue weighted by atomic mass is 19.1. The molecule has 0 aliphatic carbocycles. The lowest BCUT2D eigenvalue weighted by Crippen LogP contribution is -2.26. The number of carbonyl (C=O) groups excluding carboxylic acids is 1. The van der Waals surface area contributed by atoms with Gasteiger partial charge in [0.1, 0.15) is 5.82 Å². The number of benzene rings is 2. The quantitative estimate of drug-likeness (QED) is 0.862. The first-order chi connectivity index (χ1) is 9.50. The molecule has 2 atom stereocenters. The SMILES string of the molecule is Cc1cc(C(=O)C(C)C(N)c2ccccc2)ccc1F. The summed E-state index contributed by atoms with van der Waals surface area (Å²) in [6.07, 6.45) is 0. The van der Waals surface area contributed by atoms with Gasteiger partial charge >= 0.3 is 0 Å². The number of aryl methyl sites for hydroxylation is 1.